The summed E-state index contributed by atoms with van der Waals surface area (Å²) in [6.07, 6.45) is 3.46. The van der Waals surface area contributed by atoms with Crippen molar-refractivity contribution in [3.05, 3.63) is 0 Å². The van der Waals surface area contributed by atoms with E-state index < -0.39 is 11.5 Å². The van der Waals surface area contributed by atoms with Crippen LogP contribution in [0.3, 0.4) is 0 Å². The molecule has 6 heteroatoms. The highest BCUT2D eigenvalue weighted by atomic mass is 16.4. The van der Waals surface area contributed by atoms with Gasteiger partial charge in [-0.1, -0.05) is 6.42 Å². The monoisotopic (exact) mass is 271 g/mol. The van der Waals surface area contributed by atoms with Crippen LogP contribution in [0.2, 0.25) is 0 Å². The van der Waals surface area contributed by atoms with Crippen molar-refractivity contribution in [3.63, 3.8) is 0 Å². The van der Waals surface area contributed by atoms with Gasteiger partial charge in [0.2, 0.25) is 0 Å². The first-order chi connectivity index (χ1) is 8.76. The highest BCUT2D eigenvalue weighted by molar-refractivity contribution is 5.85. The molecule has 1 heterocycles. The molecule has 0 spiro atoms. The molecule has 1 rings (SSSR count). The van der Waals surface area contributed by atoms with Crippen LogP contribution >= 0.6 is 0 Å². The molecular weight excluding hydrogens is 246 g/mol. The summed E-state index contributed by atoms with van der Waals surface area (Å²) >= 11 is 0. The maximum absolute atomic E-state index is 12.0. The van der Waals surface area contributed by atoms with Gasteiger partial charge in [0.05, 0.1) is 0 Å². The molecule has 0 aromatic rings. The predicted octanol–water partition coefficient (Wildman–Crippen LogP) is 0.975. The van der Waals surface area contributed by atoms with Crippen LogP contribution in [0.4, 0.5) is 4.79 Å². The molecule has 110 valence electrons. The van der Waals surface area contributed by atoms with E-state index in [1.807, 2.05) is 0 Å². The Morgan fingerprint density at radius 3 is 2.58 bits per heavy atom. The number of hydrogen-bond acceptors (Lipinski definition) is 3. The minimum absolute atomic E-state index is 0.341. The van der Waals surface area contributed by atoms with Gasteiger partial charge in [-0.15, -0.1) is 0 Å². The van der Waals surface area contributed by atoms with Crippen molar-refractivity contribution >= 4 is 12.0 Å². The molecule has 0 bridgehead atoms. The van der Waals surface area contributed by atoms with E-state index in [0.717, 1.165) is 13.0 Å². The largest absolute Gasteiger partial charge is 0.480 e. The second-order valence-corrected chi connectivity index (χ2v) is 5.74. The Morgan fingerprint density at radius 2 is 2.05 bits per heavy atom. The number of likely N-dealkylation sites (N-methyl/N-ethyl adjacent to an activating group) is 2. The number of aliphatic carboxylic acids is 1. The van der Waals surface area contributed by atoms with Gasteiger partial charge in [-0.25, -0.2) is 9.59 Å². The Kier molecular flexibility index (Phi) is 5.17. The maximum Gasteiger partial charge on any atom is 0.329 e. The van der Waals surface area contributed by atoms with Crippen molar-refractivity contribution < 1.29 is 14.7 Å². The molecule has 2 amide bonds. The Balaban J connectivity index is 2.48. The number of urea groups is 1. The molecule has 1 atom stereocenters. The Hall–Kier alpha value is -1.30. The number of nitrogens with one attached hydrogen (secondary N) is 1. The zero-order chi connectivity index (χ0) is 14.6. The van der Waals surface area contributed by atoms with Crippen molar-refractivity contribution in [1.82, 2.24) is 15.1 Å². The summed E-state index contributed by atoms with van der Waals surface area (Å²) in [5.74, 6) is -1.01. The average molecular weight is 271 g/mol. The molecule has 0 saturated carbocycles. The third-order valence-electron chi connectivity index (χ3n) is 4.08. The molecule has 2 N–H and O–H groups in total. The Morgan fingerprint density at radius 1 is 1.42 bits per heavy atom. The summed E-state index contributed by atoms with van der Waals surface area (Å²) in [4.78, 5) is 26.5. The molecule has 1 unspecified atom stereocenters. The van der Waals surface area contributed by atoms with E-state index in [1.54, 1.807) is 0 Å². The van der Waals surface area contributed by atoms with Gasteiger partial charge >= 0.3 is 12.0 Å². The minimum Gasteiger partial charge on any atom is -0.480 e. The smallest absolute Gasteiger partial charge is 0.329 e. The Bertz CT molecular complexity index is 344. The summed E-state index contributed by atoms with van der Waals surface area (Å²) in [7, 11) is 3.56. The molecule has 0 aliphatic carbocycles. The van der Waals surface area contributed by atoms with Crippen LogP contribution in [0.25, 0.3) is 0 Å². The molecular formula is C13H25N3O3. The van der Waals surface area contributed by atoms with Gasteiger partial charge in [-0.2, -0.15) is 0 Å². The van der Waals surface area contributed by atoms with Gasteiger partial charge in [0.1, 0.15) is 5.54 Å². The van der Waals surface area contributed by atoms with Crippen LogP contribution < -0.4 is 5.32 Å². The molecule has 0 aromatic heterocycles. The van der Waals surface area contributed by atoms with Gasteiger partial charge in [0.25, 0.3) is 0 Å². The molecule has 0 radical (unpaired) electrons. The second-order valence-electron chi connectivity index (χ2n) is 5.74. The maximum atomic E-state index is 12.0. The standard InChI is InChI=1S/C13H25N3O3/c1-13(2,11(17)18)16(4)12(19)14-9-10-7-5-6-8-15(10)3/h10H,5-9H2,1-4H3,(H,14,19)(H,17,18). The van der Waals surface area contributed by atoms with Crippen LogP contribution in [0.1, 0.15) is 33.1 Å². The summed E-state index contributed by atoms with van der Waals surface area (Å²) < 4.78 is 0. The van der Waals surface area contributed by atoms with Crippen molar-refractivity contribution in [3.8, 4) is 0 Å². The number of carbonyl (C=O) groups excluding carboxylic acids is 1. The van der Waals surface area contributed by atoms with E-state index in [2.05, 4.69) is 17.3 Å². The average Bonchev–Trinajstić information content (AvgIpc) is 2.36. The fourth-order valence-electron chi connectivity index (χ4n) is 2.12. The number of hydrogen-bond donors (Lipinski definition) is 2. The van der Waals surface area contributed by atoms with Crippen LogP contribution in [0.5, 0.6) is 0 Å². The normalized spacial score (nSPS) is 20.9. The van der Waals surface area contributed by atoms with Crippen LogP contribution in [-0.4, -0.2) is 65.7 Å². The number of amides is 2. The number of nitrogens with zero attached hydrogens (tertiary/aromatic N) is 2. The first-order valence-corrected chi connectivity index (χ1v) is 6.72. The SMILES string of the molecule is CN1CCCCC1CNC(=O)N(C)C(C)(C)C(=O)O. The first-order valence-electron chi connectivity index (χ1n) is 6.72. The number of carbonyl (C=O) groups is 2. The molecule has 1 aliphatic rings. The summed E-state index contributed by atoms with van der Waals surface area (Å²) in [6.45, 7) is 4.65. The van der Waals surface area contributed by atoms with E-state index >= 15 is 0 Å². The zero-order valence-corrected chi connectivity index (χ0v) is 12.3. The van der Waals surface area contributed by atoms with E-state index in [9.17, 15) is 9.59 Å². The van der Waals surface area contributed by atoms with Crippen molar-refractivity contribution in [1.29, 1.82) is 0 Å². The highest BCUT2D eigenvalue weighted by Crippen LogP contribution is 2.15. The topological polar surface area (TPSA) is 72.9 Å². The van der Waals surface area contributed by atoms with Crippen LogP contribution in [0.15, 0.2) is 0 Å². The van der Waals surface area contributed by atoms with Crippen LogP contribution in [-0.2, 0) is 4.79 Å². The molecule has 6 nitrogen and oxygen atoms in total. The molecule has 19 heavy (non-hydrogen) atoms. The summed E-state index contributed by atoms with van der Waals surface area (Å²) in [5, 5.41) is 11.9. The third kappa shape index (κ3) is 3.83. The number of carboxylic acids is 1. The van der Waals surface area contributed by atoms with Crippen molar-refractivity contribution in [2.24, 2.45) is 0 Å². The fraction of sp³-hybridized carbons (Fsp3) is 0.846. The quantitative estimate of drug-likeness (QED) is 0.799. The summed E-state index contributed by atoms with van der Waals surface area (Å²) in [6, 6.07) is 0.00501. The number of likely N-dealkylation sites (tertiary alicyclic amines) is 1. The van der Waals surface area contributed by atoms with Gasteiger partial charge < -0.3 is 20.2 Å². The van der Waals surface area contributed by atoms with Crippen molar-refractivity contribution in [2.45, 2.75) is 44.7 Å². The van der Waals surface area contributed by atoms with Gasteiger partial charge in [-0.05, 0) is 40.3 Å². The minimum atomic E-state index is -1.21. The number of rotatable bonds is 4. The lowest BCUT2D eigenvalue weighted by molar-refractivity contribution is -0.146. The van der Waals surface area contributed by atoms with E-state index in [-0.39, 0.29) is 6.03 Å². The van der Waals surface area contributed by atoms with Gasteiger partial charge in [-0.3, -0.25) is 0 Å². The Labute approximate surface area is 114 Å². The number of piperidine rings is 1. The zero-order valence-electron chi connectivity index (χ0n) is 12.3. The lowest BCUT2D eigenvalue weighted by atomic mass is 10.0. The van der Waals surface area contributed by atoms with Gasteiger partial charge in [0, 0.05) is 19.6 Å². The number of carboxylic acid groups (broad SMARTS) is 1. The van der Waals surface area contributed by atoms with E-state index in [0.29, 0.717) is 12.6 Å². The second kappa shape index (κ2) is 6.23. The lowest BCUT2D eigenvalue weighted by Crippen LogP contribution is -2.55. The molecule has 1 saturated heterocycles. The third-order valence-corrected chi connectivity index (χ3v) is 4.08. The first kappa shape index (κ1) is 15.8. The predicted molar refractivity (Wildman–Crippen MR) is 73.1 cm³/mol. The van der Waals surface area contributed by atoms with Gasteiger partial charge in [0.15, 0.2) is 0 Å². The van der Waals surface area contributed by atoms with E-state index in [1.165, 1.54) is 38.6 Å². The molecule has 1 fully saturated rings. The molecule has 1 aliphatic heterocycles. The van der Waals surface area contributed by atoms with E-state index in [4.69, 9.17) is 5.11 Å². The van der Waals surface area contributed by atoms with Crippen molar-refractivity contribution in [2.75, 3.05) is 27.2 Å². The summed E-state index contributed by atoms with van der Waals surface area (Å²) in [5.41, 5.74) is -1.21. The lowest BCUT2D eigenvalue weighted by Gasteiger charge is -2.35. The molecule has 0 aromatic carbocycles. The fourth-order valence-corrected chi connectivity index (χ4v) is 2.12. The highest BCUT2D eigenvalue weighted by Gasteiger charge is 2.35. The van der Waals surface area contributed by atoms with Crippen LogP contribution in [0, 0.1) is 0 Å².